The number of para-hydroxylation sites is 1. The van der Waals surface area contributed by atoms with E-state index in [1.807, 2.05) is 61.2 Å². The second kappa shape index (κ2) is 8.57. The molecule has 1 aliphatic rings. The van der Waals surface area contributed by atoms with Gasteiger partial charge in [0.05, 0.1) is 18.5 Å². The first-order valence-corrected chi connectivity index (χ1v) is 11.9. The van der Waals surface area contributed by atoms with Gasteiger partial charge in [-0.2, -0.15) is 0 Å². The summed E-state index contributed by atoms with van der Waals surface area (Å²) in [6.07, 6.45) is 3.45. The molecule has 1 saturated heterocycles. The lowest BCUT2D eigenvalue weighted by Gasteiger charge is -2.31. The summed E-state index contributed by atoms with van der Waals surface area (Å²) in [4.78, 5) is 14.7. The van der Waals surface area contributed by atoms with E-state index in [-0.39, 0.29) is 12.5 Å². The van der Waals surface area contributed by atoms with Crippen LogP contribution in [0.3, 0.4) is 0 Å². The minimum Gasteiger partial charge on any atom is -0.338 e. The Bertz CT molecular complexity index is 963. The van der Waals surface area contributed by atoms with Gasteiger partial charge in [0.25, 0.3) is 5.91 Å². The standard InChI is InChI=1S/C23H30N2O3S/c1-17-7-6-14-24(15-17)23(26)21-12-10-20(11-13-21)16-25(29(4,27)28)22-18(2)8-5-9-19(22)3/h5,8-13,17H,6-7,14-16H2,1-4H3/t17-/m1/s1. The fourth-order valence-electron chi connectivity index (χ4n) is 4.04. The maximum atomic E-state index is 12.8. The highest BCUT2D eigenvalue weighted by atomic mass is 32.2. The largest absolute Gasteiger partial charge is 0.338 e. The Labute approximate surface area is 174 Å². The zero-order valence-corrected chi connectivity index (χ0v) is 18.5. The summed E-state index contributed by atoms with van der Waals surface area (Å²) in [5.74, 6) is 0.588. The third kappa shape index (κ3) is 4.99. The molecule has 1 atom stereocenters. The first kappa shape index (κ1) is 21.4. The van der Waals surface area contributed by atoms with E-state index in [1.165, 1.54) is 17.0 Å². The van der Waals surface area contributed by atoms with E-state index in [0.29, 0.717) is 11.5 Å². The Kier molecular flexibility index (Phi) is 6.32. The lowest BCUT2D eigenvalue weighted by Crippen LogP contribution is -2.39. The number of likely N-dealkylation sites (tertiary alicyclic amines) is 1. The summed E-state index contributed by atoms with van der Waals surface area (Å²) in [5.41, 5.74) is 4.06. The van der Waals surface area contributed by atoms with E-state index < -0.39 is 10.0 Å². The topological polar surface area (TPSA) is 57.7 Å². The molecule has 5 nitrogen and oxygen atoms in total. The minimum absolute atomic E-state index is 0.0535. The molecule has 0 aromatic heterocycles. The maximum Gasteiger partial charge on any atom is 0.253 e. The predicted molar refractivity (Wildman–Crippen MR) is 118 cm³/mol. The van der Waals surface area contributed by atoms with Crippen LogP contribution in [0.15, 0.2) is 42.5 Å². The van der Waals surface area contributed by atoms with Gasteiger partial charge in [-0.3, -0.25) is 9.10 Å². The lowest BCUT2D eigenvalue weighted by molar-refractivity contribution is 0.0683. The van der Waals surface area contributed by atoms with Crippen molar-refractivity contribution in [2.45, 2.75) is 40.2 Å². The molecule has 156 valence electrons. The highest BCUT2D eigenvalue weighted by Gasteiger charge is 2.23. The zero-order chi connectivity index (χ0) is 21.2. The predicted octanol–water partition coefficient (Wildman–Crippen LogP) is 4.14. The molecular formula is C23H30N2O3S. The number of carbonyl (C=O) groups excluding carboxylic acids is 1. The van der Waals surface area contributed by atoms with Crippen molar-refractivity contribution in [3.63, 3.8) is 0 Å². The monoisotopic (exact) mass is 414 g/mol. The second-order valence-electron chi connectivity index (χ2n) is 8.21. The first-order valence-electron chi connectivity index (χ1n) is 10.1. The molecule has 29 heavy (non-hydrogen) atoms. The Balaban J connectivity index is 1.82. The van der Waals surface area contributed by atoms with Crippen molar-refractivity contribution in [3.05, 3.63) is 64.7 Å². The van der Waals surface area contributed by atoms with E-state index in [9.17, 15) is 13.2 Å². The number of benzene rings is 2. The molecule has 2 aromatic carbocycles. The number of nitrogens with zero attached hydrogens (tertiary/aromatic N) is 2. The van der Waals surface area contributed by atoms with Crippen LogP contribution < -0.4 is 4.31 Å². The number of anilines is 1. The van der Waals surface area contributed by atoms with Crippen LogP contribution in [-0.4, -0.2) is 38.6 Å². The Morgan fingerprint density at radius 3 is 2.28 bits per heavy atom. The third-order valence-electron chi connectivity index (χ3n) is 5.56. The normalized spacial score (nSPS) is 17.2. The number of carbonyl (C=O) groups is 1. The van der Waals surface area contributed by atoms with E-state index >= 15 is 0 Å². The summed E-state index contributed by atoms with van der Waals surface area (Å²) in [7, 11) is -3.45. The number of hydrogen-bond acceptors (Lipinski definition) is 3. The molecule has 1 amide bonds. The zero-order valence-electron chi connectivity index (χ0n) is 17.7. The van der Waals surface area contributed by atoms with Crippen molar-refractivity contribution < 1.29 is 13.2 Å². The number of hydrogen-bond donors (Lipinski definition) is 0. The van der Waals surface area contributed by atoms with Crippen LogP contribution in [0, 0.1) is 19.8 Å². The van der Waals surface area contributed by atoms with Gasteiger partial charge in [0.2, 0.25) is 10.0 Å². The fraction of sp³-hybridized carbons (Fsp3) is 0.435. The molecule has 0 saturated carbocycles. The van der Waals surface area contributed by atoms with Crippen molar-refractivity contribution in [3.8, 4) is 0 Å². The van der Waals surface area contributed by atoms with Gasteiger partial charge in [-0.1, -0.05) is 37.3 Å². The second-order valence-corrected chi connectivity index (χ2v) is 10.1. The summed E-state index contributed by atoms with van der Waals surface area (Å²) in [5, 5.41) is 0. The van der Waals surface area contributed by atoms with E-state index in [0.717, 1.165) is 41.9 Å². The van der Waals surface area contributed by atoms with Crippen molar-refractivity contribution in [2.24, 2.45) is 5.92 Å². The molecule has 0 unspecified atom stereocenters. The molecule has 1 heterocycles. The molecule has 1 aliphatic heterocycles. The molecule has 0 bridgehead atoms. The quantitative estimate of drug-likeness (QED) is 0.739. The molecular weight excluding hydrogens is 384 g/mol. The summed E-state index contributed by atoms with van der Waals surface area (Å²) in [6, 6.07) is 13.1. The van der Waals surface area contributed by atoms with Crippen LogP contribution in [0.5, 0.6) is 0 Å². The average Bonchev–Trinajstić information content (AvgIpc) is 2.66. The molecule has 0 N–H and O–H groups in total. The van der Waals surface area contributed by atoms with Crippen LogP contribution in [-0.2, 0) is 16.6 Å². The van der Waals surface area contributed by atoms with Gasteiger partial charge in [-0.15, -0.1) is 0 Å². The van der Waals surface area contributed by atoms with Crippen molar-refractivity contribution in [1.29, 1.82) is 0 Å². The van der Waals surface area contributed by atoms with Gasteiger partial charge in [0.1, 0.15) is 0 Å². The van der Waals surface area contributed by atoms with Crippen LogP contribution >= 0.6 is 0 Å². The number of sulfonamides is 1. The SMILES string of the molecule is Cc1cccc(C)c1N(Cc1ccc(C(=O)N2CCC[C@@H](C)C2)cc1)S(C)(=O)=O. The minimum atomic E-state index is -3.45. The van der Waals surface area contributed by atoms with Gasteiger partial charge in [0.15, 0.2) is 0 Å². The average molecular weight is 415 g/mol. The van der Waals surface area contributed by atoms with Gasteiger partial charge < -0.3 is 4.90 Å². The van der Waals surface area contributed by atoms with E-state index in [1.54, 1.807) is 0 Å². The fourth-order valence-corrected chi connectivity index (χ4v) is 5.04. The summed E-state index contributed by atoms with van der Waals surface area (Å²) < 4.78 is 26.5. The first-order chi connectivity index (χ1) is 13.7. The van der Waals surface area contributed by atoms with Gasteiger partial charge in [0, 0.05) is 18.7 Å². The Hall–Kier alpha value is -2.34. The molecule has 0 aliphatic carbocycles. The van der Waals surface area contributed by atoms with Crippen LogP contribution in [0.25, 0.3) is 0 Å². The number of piperidine rings is 1. The van der Waals surface area contributed by atoms with Crippen LogP contribution in [0.1, 0.15) is 46.8 Å². The molecule has 0 spiro atoms. The molecule has 1 fully saturated rings. The number of amides is 1. The molecule has 0 radical (unpaired) electrons. The van der Waals surface area contributed by atoms with E-state index in [4.69, 9.17) is 0 Å². The molecule has 6 heteroatoms. The maximum absolute atomic E-state index is 12.8. The smallest absolute Gasteiger partial charge is 0.253 e. The van der Waals surface area contributed by atoms with Crippen LogP contribution in [0.2, 0.25) is 0 Å². The van der Waals surface area contributed by atoms with Crippen LogP contribution in [0.4, 0.5) is 5.69 Å². The van der Waals surface area contributed by atoms with Gasteiger partial charge >= 0.3 is 0 Å². The third-order valence-corrected chi connectivity index (χ3v) is 6.67. The Morgan fingerprint density at radius 1 is 1.10 bits per heavy atom. The lowest BCUT2D eigenvalue weighted by atomic mass is 9.99. The molecule has 2 aromatic rings. The van der Waals surface area contributed by atoms with Crippen molar-refractivity contribution >= 4 is 21.6 Å². The number of rotatable bonds is 5. The highest BCUT2D eigenvalue weighted by molar-refractivity contribution is 7.92. The summed E-state index contributed by atoms with van der Waals surface area (Å²) in [6.45, 7) is 7.85. The Morgan fingerprint density at radius 2 is 1.72 bits per heavy atom. The highest BCUT2D eigenvalue weighted by Crippen LogP contribution is 2.28. The van der Waals surface area contributed by atoms with Crippen molar-refractivity contribution in [2.75, 3.05) is 23.7 Å². The summed E-state index contributed by atoms with van der Waals surface area (Å²) >= 11 is 0. The van der Waals surface area contributed by atoms with Crippen molar-refractivity contribution in [1.82, 2.24) is 4.90 Å². The number of aryl methyl sites for hydroxylation is 2. The van der Waals surface area contributed by atoms with E-state index in [2.05, 4.69) is 6.92 Å². The van der Waals surface area contributed by atoms with Gasteiger partial charge in [-0.25, -0.2) is 8.42 Å². The molecule has 3 rings (SSSR count). The van der Waals surface area contributed by atoms with Gasteiger partial charge in [-0.05, 0) is 61.4 Å².